The van der Waals surface area contributed by atoms with Crippen LogP contribution in [0.15, 0.2) is 72.8 Å². The Labute approximate surface area is 194 Å². The van der Waals surface area contributed by atoms with E-state index < -0.39 is 29.9 Å². The maximum Gasteiger partial charge on any atom is 0.335 e. The van der Waals surface area contributed by atoms with E-state index >= 15 is 0 Å². The zero-order valence-electron chi connectivity index (χ0n) is 16.6. The summed E-state index contributed by atoms with van der Waals surface area (Å²) in [6.45, 7) is 0.0367. The molecule has 0 saturated carbocycles. The van der Waals surface area contributed by atoms with E-state index in [4.69, 9.17) is 28.3 Å². The Morgan fingerprint density at radius 1 is 0.781 bits per heavy atom. The standard InChI is InChI=1S/C24H17Cl2NO5/c25-19-11-6-15(12-20(19)26)14-27(18-9-7-17(8-10-18)24(31)32)22(29)13-21(28)23(30)16-4-2-1-3-5-16/h1-12H,13-14H2,(H,31,32). The van der Waals surface area contributed by atoms with Gasteiger partial charge < -0.3 is 10.0 Å². The molecular formula is C24H17Cl2NO5. The predicted octanol–water partition coefficient (Wildman–Crippen LogP) is 5.07. The van der Waals surface area contributed by atoms with Crippen molar-refractivity contribution in [2.24, 2.45) is 0 Å². The smallest absolute Gasteiger partial charge is 0.335 e. The molecule has 3 aromatic carbocycles. The SMILES string of the molecule is O=C(CC(=O)N(Cc1ccc(Cl)c(Cl)c1)c1ccc(C(=O)O)cc1)C(=O)c1ccccc1. The van der Waals surface area contributed by atoms with Gasteiger partial charge in [-0.05, 0) is 42.0 Å². The number of carboxylic acid groups (broad SMARTS) is 1. The molecule has 0 aliphatic carbocycles. The van der Waals surface area contributed by atoms with Crippen LogP contribution in [0.5, 0.6) is 0 Å². The van der Waals surface area contributed by atoms with Crippen molar-refractivity contribution in [1.29, 1.82) is 0 Å². The third-order valence-electron chi connectivity index (χ3n) is 4.65. The van der Waals surface area contributed by atoms with Gasteiger partial charge in [0.1, 0.15) is 0 Å². The van der Waals surface area contributed by atoms with Gasteiger partial charge in [-0.1, -0.05) is 59.6 Å². The largest absolute Gasteiger partial charge is 0.478 e. The molecule has 32 heavy (non-hydrogen) atoms. The fraction of sp³-hybridized carbons (Fsp3) is 0.0833. The second-order valence-corrected chi connectivity index (χ2v) is 7.69. The summed E-state index contributed by atoms with van der Waals surface area (Å²) in [5, 5.41) is 9.76. The second kappa shape index (κ2) is 10.2. The molecule has 0 radical (unpaired) electrons. The van der Waals surface area contributed by atoms with Gasteiger partial charge in [-0.3, -0.25) is 14.4 Å². The number of nitrogens with zero attached hydrogens (tertiary/aromatic N) is 1. The third-order valence-corrected chi connectivity index (χ3v) is 5.39. The van der Waals surface area contributed by atoms with Crippen LogP contribution < -0.4 is 4.90 Å². The molecule has 0 saturated heterocycles. The zero-order valence-corrected chi connectivity index (χ0v) is 18.1. The van der Waals surface area contributed by atoms with Crippen molar-refractivity contribution in [2.45, 2.75) is 13.0 Å². The predicted molar refractivity (Wildman–Crippen MR) is 121 cm³/mol. The lowest BCUT2D eigenvalue weighted by molar-refractivity contribution is -0.124. The summed E-state index contributed by atoms with van der Waals surface area (Å²) in [5.41, 5.74) is 1.25. The quantitative estimate of drug-likeness (QED) is 0.282. The van der Waals surface area contributed by atoms with Crippen LogP contribution >= 0.6 is 23.2 Å². The fourth-order valence-corrected chi connectivity index (χ4v) is 3.31. The number of halogens is 2. The summed E-state index contributed by atoms with van der Waals surface area (Å²) in [5.74, 6) is -3.33. The van der Waals surface area contributed by atoms with Gasteiger partial charge in [0, 0.05) is 11.3 Å². The number of ketones is 2. The maximum atomic E-state index is 13.0. The van der Waals surface area contributed by atoms with Gasteiger partial charge >= 0.3 is 5.97 Å². The van der Waals surface area contributed by atoms with Crippen molar-refractivity contribution >= 4 is 52.3 Å². The first-order chi connectivity index (χ1) is 15.3. The number of benzene rings is 3. The van der Waals surface area contributed by atoms with Gasteiger partial charge in [-0.2, -0.15) is 0 Å². The van der Waals surface area contributed by atoms with Gasteiger partial charge in [0.2, 0.25) is 17.5 Å². The first kappa shape index (κ1) is 23.2. The number of carbonyl (C=O) groups excluding carboxylic acids is 3. The van der Waals surface area contributed by atoms with Crippen molar-refractivity contribution < 1.29 is 24.3 Å². The zero-order chi connectivity index (χ0) is 23.3. The average molecular weight is 470 g/mol. The Morgan fingerprint density at radius 3 is 2.03 bits per heavy atom. The van der Waals surface area contributed by atoms with Gasteiger partial charge in [0.25, 0.3) is 0 Å². The minimum Gasteiger partial charge on any atom is -0.478 e. The number of carbonyl (C=O) groups is 4. The molecule has 0 aliphatic rings. The van der Waals surface area contributed by atoms with Crippen molar-refractivity contribution in [1.82, 2.24) is 0 Å². The molecular weight excluding hydrogens is 453 g/mol. The molecule has 1 amide bonds. The van der Waals surface area contributed by atoms with Crippen LogP contribution in [0.2, 0.25) is 10.0 Å². The van der Waals surface area contributed by atoms with Gasteiger partial charge in [-0.15, -0.1) is 0 Å². The minimum atomic E-state index is -1.11. The molecule has 3 rings (SSSR count). The third kappa shape index (κ3) is 5.60. The van der Waals surface area contributed by atoms with E-state index in [2.05, 4.69) is 0 Å². The van der Waals surface area contributed by atoms with E-state index in [1.54, 1.807) is 36.4 Å². The van der Waals surface area contributed by atoms with Crippen LogP contribution in [-0.4, -0.2) is 28.5 Å². The van der Waals surface area contributed by atoms with E-state index in [1.807, 2.05) is 0 Å². The van der Waals surface area contributed by atoms with Gasteiger partial charge in [0.15, 0.2) is 0 Å². The number of amides is 1. The fourth-order valence-electron chi connectivity index (χ4n) is 2.99. The summed E-state index contributed by atoms with van der Waals surface area (Å²) < 4.78 is 0. The van der Waals surface area contributed by atoms with Crippen LogP contribution in [0.4, 0.5) is 5.69 Å². The molecule has 1 N–H and O–H groups in total. The molecule has 0 atom stereocenters. The molecule has 0 fully saturated rings. The second-order valence-electron chi connectivity index (χ2n) is 6.88. The summed E-state index contributed by atoms with van der Waals surface area (Å²) in [4.78, 5) is 50.3. The number of hydrogen-bond donors (Lipinski definition) is 1. The van der Waals surface area contributed by atoms with E-state index in [0.29, 0.717) is 21.3 Å². The van der Waals surface area contributed by atoms with Crippen LogP contribution in [0.25, 0.3) is 0 Å². The average Bonchev–Trinajstić information content (AvgIpc) is 2.79. The lowest BCUT2D eigenvalue weighted by atomic mass is 10.0. The molecule has 0 heterocycles. The normalized spacial score (nSPS) is 10.4. The molecule has 0 aliphatic heterocycles. The molecule has 0 aromatic heterocycles. The van der Waals surface area contributed by atoms with Crippen LogP contribution in [-0.2, 0) is 16.1 Å². The van der Waals surface area contributed by atoms with Crippen LogP contribution in [0, 0.1) is 0 Å². The summed E-state index contributed by atoms with van der Waals surface area (Å²) in [6, 6.07) is 18.4. The van der Waals surface area contributed by atoms with Crippen LogP contribution in [0.3, 0.4) is 0 Å². The minimum absolute atomic E-state index is 0.0367. The van der Waals surface area contributed by atoms with Gasteiger partial charge in [-0.25, -0.2) is 4.79 Å². The van der Waals surface area contributed by atoms with E-state index in [-0.39, 0.29) is 17.7 Å². The van der Waals surface area contributed by atoms with Gasteiger partial charge in [0.05, 0.1) is 28.6 Å². The number of rotatable bonds is 8. The van der Waals surface area contributed by atoms with Crippen molar-refractivity contribution in [2.75, 3.05) is 4.90 Å². The highest BCUT2D eigenvalue weighted by Gasteiger charge is 2.24. The van der Waals surface area contributed by atoms with E-state index in [1.165, 1.54) is 41.3 Å². The van der Waals surface area contributed by atoms with Crippen molar-refractivity contribution in [3.63, 3.8) is 0 Å². The van der Waals surface area contributed by atoms with E-state index in [9.17, 15) is 19.2 Å². The molecule has 0 bridgehead atoms. The molecule has 3 aromatic rings. The van der Waals surface area contributed by atoms with Crippen LogP contribution in [0.1, 0.15) is 32.7 Å². The Morgan fingerprint density at radius 2 is 1.44 bits per heavy atom. The number of Topliss-reactive ketones (excluding diaryl/α,β-unsaturated/α-hetero) is 2. The lowest BCUT2D eigenvalue weighted by Crippen LogP contribution is -2.33. The topological polar surface area (TPSA) is 91.8 Å². The number of aromatic carboxylic acids is 1. The summed E-state index contributed by atoms with van der Waals surface area (Å²) >= 11 is 12.0. The number of hydrogen-bond acceptors (Lipinski definition) is 4. The summed E-state index contributed by atoms with van der Waals surface area (Å²) in [6.07, 6.45) is -0.643. The summed E-state index contributed by atoms with van der Waals surface area (Å²) in [7, 11) is 0. The molecule has 0 unspecified atom stereocenters. The molecule has 6 nitrogen and oxygen atoms in total. The van der Waals surface area contributed by atoms with Crippen molar-refractivity contribution in [3.8, 4) is 0 Å². The highest BCUT2D eigenvalue weighted by atomic mass is 35.5. The first-order valence-electron chi connectivity index (χ1n) is 9.46. The number of carboxylic acids is 1. The highest BCUT2D eigenvalue weighted by molar-refractivity contribution is 6.46. The maximum absolute atomic E-state index is 13.0. The van der Waals surface area contributed by atoms with E-state index in [0.717, 1.165) is 0 Å². The molecule has 162 valence electrons. The Bertz CT molecular complexity index is 1180. The lowest BCUT2D eigenvalue weighted by Gasteiger charge is -2.23. The first-order valence-corrected chi connectivity index (χ1v) is 10.2. The molecule has 0 spiro atoms. The number of anilines is 1. The highest BCUT2D eigenvalue weighted by Crippen LogP contribution is 2.25. The van der Waals surface area contributed by atoms with Crippen molar-refractivity contribution in [3.05, 3.63) is 99.5 Å². The molecule has 8 heteroatoms. The monoisotopic (exact) mass is 469 g/mol. The Kier molecular flexibility index (Phi) is 7.41. The Hall–Kier alpha value is -3.48. The Balaban J connectivity index is 1.87.